The predicted molar refractivity (Wildman–Crippen MR) is 71.8 cm³/mol. The zero-order valence-electron chi connectivity index (χ0n) is 11.5. The van der Waals surface area contributed by atoms with E-state index >= 15 is 0 Å². The molecule has 1 unspecified atom stereocenters. The van der Waals surface area contributed by atoms with Gasteiger partial charge in [0.1, 0.15) is 6.61 Å². The molecule has 20 heavy (non-hydrogen) atoms. The van der Waals surface area contributed by atoms with Crippen LogP contribution in [0.2, 0.25) is 0 Å². The van der Waals surface area contributed by atoms with Crippen LogP contribution in [0, 0.1) is 6.92 Å². The topological polar surface area (TPSA) is 21.3 Å². The second kappa shape index (κ2) is 6.59. The fourth-order valence-electron chi connectivity index (χ4n) is 2.02. The van der Waals surface area contributed by atoms with Gasteiger partial charge >= 0.3 is 6.18 Å². The van der Waals surface area contributed by atoms with E-state index in [0.717, 1.165) is 24.0 Å². The van der Waals surface area contributed by atoms with Crippen molar-refractivity contribution >= 4 is 0 Å². The van der Waals surface area contributed by atoms with Gasteiger partial charge in [-0.1, -0.05) is 29.8 Å². The molecule has 2 nitrogen and oxygen atoms in total. The molecule has 0 aromatic heterocycles. The van der Waals surface area contributed by atoms with Crippen molar-refractivity contribution in [3.8, 4) is 0 Å². The van der Waals surface area contributed by atoms with Crippen LogP contribution in [0.1, 0.15) is 29.9 Å². The molecule has 0 bridgehead atoms. The zero-order chi connectivity index (χ0) is 14.6. The fourth-order valence-corrected chi connectivity index (χ4v) is 2.02. The first-order chi connectivity index (χ1) is 9.44. The minimum Gasteiger partial charge on any atom is -0.371 e. The van der Waals surface area contributed by atoms with E-state index in [0.29, 0.717) is 12.6 Å². The molecule has 1 aromatic carbocycles. The van der Waals surface area contributed by atoms with E-state index in [2.05, 4.69) is 5.32 Å². The maximum atomic E-state index is 12.1. The second-order valence-electron chi connectivity index (χ2n) is 5.42. The third-order valence-electron chi connectivity index (χ3n) is 3.36. The summed E-state index contributed by atoms with van der Waals surface area (Å²) in [6.07, 6.45) is -1.95. The smallest absolute Gasteiger partial charge is 0.371 e. The molecule has 1 atom stereocenters. The van der Waals surface area contributed by atoms with Crippen LogP contribution in [0.15, 0.2) is 24.3 Å². The maximum absolute atomic E-state index is 12.1. The van der Waals surface area contributed by atoms with Crippen LogP contribution >= 0.6 is 0 Å². The molecule has 1 aliphatic rings. The predicted octanol–water partition coefficient (Wildman–Crippen LogP) is 3.41. The Balaban J connectivity index is 1.90. The number of aryl methyl sites for hydroxylation is 1. The Morgan fingerprint density at radius 3 is 2.45 bits per heavy atom. The molecular weight excluding hydrogens is 267 g/mol. The Bertz CT molecular complexity index is 412. The van der Waals surface area contributed by atoms with E-state index in [4.69, 9.17) is 4.74 Å². The van der Waals surface area contributed by atoms with Gasteiger partial charge in [0.2, 0.25) is 0 Å². The van der Waals surface area contributed by atoms with Crippen molar-refractivity contribution in [2.75, 3.05) is 19.8 Å². The van der Waals surface area contributed by atoms with Gasteiger partial charge in [-0.3, -0.25) is 0 Å². The lowest BCUT2D eigenvalue weighted by molar-refractivity contribution is -0.174. The van der Waals surface area contributed by atoms with Crippen molar-refractivity contribution in [1.29, 1.82) is 0 Å². The van der Waals surface area contributed by atoms with Crippen LogP contribution < -0.4 is 5.32 Å². The molecule has 1 N–H and O–H groups in total. The van der Waals surface area contributed by atoms with Crippen molar-refractivity contribution in [2.45, 2.75) is 37.9 Å². The van der Waals surface area contributed by atoms with Gasteiger partial charge in [-0.25, -0.2) is 0 Å². The Morgan fingerprint density at radius 2 is 1.90 bits per heavy atom. The quantitative estimate of drug-likeness (QED) is 0.830. The van der Waals surface area contributed by atoms with Gasteiger partial charge in [-0.2, -0.15) is 13.2 Å². The van der Waals surface area contributed by atoms with Gasteiger partial charge in [-0.05, 0) is 25.3 Å². The lowest BCUT2D eigenvalue weighted by Gasteiger charge is -2.19. The number of nitrogens with one attached hydrogen (secondary N) is 1. The molecular formula is C15H20F3NO. The van der Waals surface area contributed by atoms with Crippen molar-refractivity contribution in [1.82, 2.24) is 5.32 Å². The van der Waals surface area contributed by atoms with Gasteiger partial charge in [-0.15, -0.1) is 0 Å². The first-order valence-electron chi connectivity index (χ1n) is 6.88. The van der Waals surface area contributed by atoms with Gasteiger partial charge in [0.25, 0.3) is 0 Å². The Hall–Kier alpha value is -1.07. The Labute approximate surface area is 117 Å². The van der Waals surface area contributed by atoms with E-state index in [9.17, 15) is 13.2 Å². The van der Waals surface area contributed by atoms with Gasteiger partial charge in [0.15, 0.2) is 0 Å². The summed E-state index contributed by atoms with van der Waals surface area (Å²) in [6, 6.07) is 8.41. The second-order valence-corrected chi connectivity index (χ2v) is 5.42. The summed E-state index contributed by atoms with van der Waals surface area (Å²) in [5, 5.41) is 3.36. The summed E-state index contributed by atoms with van der Waals surface area (Å²) in [7, 11) is 0. The number of rotatable bonds is 7. The zero-order valence-corrected chi connectivity index (χ0v) is 11.5. The molecule has 0 spiro atoms. The molecule has 0 heterocycles. The van der Waals surface area contributed by atoms with Gasteiger partial charge in [0, 0.05) is 18.5 Å². The van der Waals surface area contributed by atoms with Crippen molar-refractivity contribution < 1.29 is 17.9 Å². The monoisotopic (exact) mass is 287 g/mol. The van der Waals surface area contributed by atoms with E-state index in [1.807, 2.05) is 31.2 Å². The van der Waals surface area contributed by atoms with Crippen LogP contribution in [0.3, 0.4) is 0 Å². The maximum Gasteiger partial charge on any atom is 0.411 e. The molecule has 2 rings (SSSR count). The average molecular weight is 287 g/mol. The minimum atomic E-state index is -4.26. The number of halogens is 3. The first-order valence-corrected chi connectivity index (χ1v) is 6.88. The van der Waals surface area contributed by atoms with E-state index in [-0.39, 0.29) is 12.5 Å². The Kier molecular flexibility index (Phi) is 5.05. The standard InChI is InChI=1S/C15H20F3NO/c1-11-2-4-12(5-3-11)13(8-19-14-6-7-14)9-20-10-15(16,17)18/h2-5,13-14,19H,6-10H2,1H3. The molecule has 1 aromatic rings. The summed E-state index contributed by atoms with van der Waals surface area (Å²) in [5.74, 6) is -0.0430. The normalized spacial score (nSPS) is 17.2. The first kappa shape index (κ1) is 15.3. The molecule has 1 fully saturated rings. The van der Waals surface area contributed by atoms with Crippen molar-refractivity contribution in [3.63, 3.8) is 0 Å². The number of ether oxygens (including phenoxy) is 1. The number of hydrogen-bond acceptors (Lipinski definition) is 2. The van der Waals surface area contributed by atoms with Crippen molar-refractivity contribution in [2.24, 2.45) is 0 Å². The summed E-state index contributed by atoms with van der Waals surface area (Å²) in [4.78, 5) is 0. The van der Waals surface area contributed by atoms with Crippen molar-refractivity contribution in [3.05, 3.63) is 35.4 Å². The molecule has 112 valence electrons. The summed E-state index contributed by atoms with van der Waals surface area (Å²) in [6.45, 7) is 1.55. The van der Waals surface area contributed by atoms with Crippen LogP contribution in [-0.2, 0) is 4.74 Å². The van der Waals surface area contributed by atoms with Crippen LogP contribution in [0.5, 0.6) is 0 Å². The molecule has 0 radical (unpaired) electrons. The minimum absolute atomic E-state index is 0.0430. The average Bonchev–Trinajstić information content (AvgIpc) is 3.17. The third-order valence-corrected chi connectivity index (χ3v) is 3.36. The van der Waals surface area contributed by atoms with Crippen LogP contribution in [-0.4, -0.2) is 32.0 Å². The molecule has 1 saturated carbocycles. The molecule has 0 saturated heterocycles. The van der Waals surface area contributed by atoms with Crippen LogP contribution in [0.4, 0.5) is 13.2 Å². The molecule has 0 aliphatic heterocycles. The highest BCUT2D eigenvalue weighted by Crippen LogP contribution is 2.23. The molecule has 0 amide bonds. The lowest BCUT2D eigenvalue weighted by Crippen LogP contribution is -2.28. The van der Waals surface area contributed by atoms with E-state index < -0.39 is 12.8 Å². The fraction of sp³-hybridized carbons (Fsp3) is 0.600. The highest BCUT2D eigenvalue weighted by atomic mass is 19.4. The Morgan fingerprint density at radius 1 is 1.25 bits per heavy atom. The largest absolute Gasteiger partial charge is 0.411 e. The summed E-state index contributed by atoms with van der Waals surface area (Å²) >= 11 is 0. The summed E-state index contributed by atoms with van der Waals surface area (Å²) in [5.41, 5.74) is 2.16. The van der Waals surface area contributed by atoms with Crippen LogP contribution in [0.25, 0.3) is 0 Å². The number of alkyl halides is 3. The lowest BCUT2D eigenvalue weighted by atomic mass is 9.99. The molecule has 5 heteroatoms. The number of benzene rings is 1. The van der Waals surface area contributed by atoms with Gasteiger partial charge in [0.05, 0.1) is 6.61 Å². The van der Waals surface area contributed by atoms with E-state index in [1.54, 1.807) is 0 Å². The summed E-state index contributed by atoms with van der Waals surface area (Å²) < 4.78 is 41.3. The van der Waals surface area contributed by atoms with E-state index in [1.165, 1.54) is 0 Å². The highest BCUT2D eigenvalue weighted by Gasteiger charge is 2.28. The number of hydrogen-bond donors (Lipinski definition) is 1. The van der Waals surface area contributed by atoms with Gasteiger partial charge < -0.3 is 10.1 Å². The highest BCUT2D eigenvalue weighted by molar-refractivity contribution is 5.25. The third kappa shape index (κ3) is 5.51. The molecule has 1 aliphatic carbocycles. The SMILES string of the molecule is Cc1ccc(C(CNC2CC2)COCC(F)(F)F)cc1.